The number of amides is 1. The summed E-state index contributed by atoms with van der Waals surface area (Å²) in [7, 11) is 0. The van der Waals surface area contributed by atoms with Crippen LogP contribution in [0.3, 0.4) is 0 Å². The fraction of sp³-hybridized carbons (Fsp3) is 0.467. The molecule has 1 aromatic rings. The maximum absolute atomic E-state index is 12.5. The molecular formula is C15H21N3O2. The summed E-state index contributed by atoms with van der Waals surface area (Å²) < 4.78 is 0. The van der Waals surface area contributed by atoms with Gasteiger partial charge in [-0.05, 0) is 37.8 Å². The van der Waals surface area contributed by atoms with Gasteiger partial charge in [-0.25, -0.2) is 0 Å². The molecule has 1 aliphatic rings. The van der Waals surface area contributed by atoms with Crippen molar-refractivity contribution in [2.24, 2.45) is 10.9 Å². The Labute approximate surface area is 119 Å². The fourth-order valence-electron chi connectivity index (χ4n) is 2.70. The lowest BCUT2D eigenvalue weighted by molar-refractivity contribution is 0.0608. The van der Waals surface area contributed by atoms with Crippen molar-refractivity contribution in [2.75, 3.05) is 6.54 Å². The Kier molecular flexibility index (Phi) is 4.61. The van der Waals surface area contributed by atoms with Crippen molar-refractivity contribution in [1.29, 1.82) is 0 Å². The van der Waals surface area contributed by atoms with E-state index in [-0.39, 0.29) is 11.7 Å². The fourth-order valence-corrected chi connectivity index (χ4v) is 2.70. The summed E-state index contributed by atoms with van der Waals surface area (Å²) in [5.74, 6) is 0.121. The second-order valence-corrected chi connectivity index (χ2v) is 5.12. The minimum Gasteiger partial charge on any atom is -0.409 e. The first-order chi connectivity index (χ1) is 9.67. The predicted molar refractivity (Wildman–Crippen MR) is 77.9 cm³/mol. The second-order valence-electron chi connectivity index (χ2n) is 5.12. The van der Waals surface area contributed by atoms with Gasteiger partial charge < -0.3 is 15.8 Å². The number of hydrogen-bond acceptors (Lipinski definition) is 3. The van der Waals surface area contributed by atoms with Crippen molar-refractivity contribution in [2.45, 2.75) is 38.6 Å². The van der Waals surface area contributed by atoms with Gasteiger partial charge in [-0.2, -0.15) is 0 Å². The van der Waals surface area contributed by atoms with Crippen molar-refractivity contribution in [3.8, 4) is 0 Å². The number of oxime groups is 1. The lowest BCUT2D eigenvalue weighted by atomic mass is 9.98. The van der Waals surface area contributed by atoms with E-state index in [2.05, 4.69) is 12.1 Å². The average molecular weight is 275 g/mol. The summed E-state index contributed by atoms with van der Waals surface area (Å²) in [4.78, 5) is 14.5. The summed E-state index contributed by atoms with van der Waals surface area (Å²) >= 11 is 0. The van der Waals surface area contributed by atoms with Crippen molar-refractivity contribution in [3.63, 3.8) is 0 Å². The quantitative estimate of drug-likeness (QED) is 0.384. The Morgan fingerprint density at radius 3 is 2.60 bits per heavy atom. The molecule has 1 aliphatic heterocycles. The van der Waals surface area contributed by atoms with Gasteiger partial charge in [-0.15, -0.1) is 0 Å². The van der Waals surface area contributed by atoms with Gasteiger partial charge in [-0.3, -0.25) is 4.79 Å². The highest BCUT2D eigenvalue weighted by molar-refractivity contribution is 5.99. The Balaban J connectivity index is 2.16. The first kappa shape index (κ1) is 14.4. The summed E-state index contributed by atoms with van der Waals surface area (Å²) in [6.45, 7) is 2.96. The number of nitrogens with two attached hydrogens (primary N) is 1. The molecule has 2 rings (SSSR count). The predicted octanol–water partition coefficient (Wildman–Crippen LogP) is 2.19. The van der Waals surface area contributed by atoms with Crippen LogP contribution in [0.4, 0.5) is 0 Å². The first-order valence-electron chi connectivity index (χ1n) is 7.06. The van der Waals surface area contributed by atoms with Crippen LogP contribution in [0.1, 0.15) is 48.5 Å². The number of carbonyl (C=O) groups is 1. The molecule has 0 saturated carbocycles. The van der Waals surface area contributed by atoms with Crippen molar-refractivity contribution >= 4 is 11.7 Å². The molecule has 1 heterocycles. The van der Waals surface area contributed by atoms with Gasteiger partial charge >= 0.3 is 0 Å². The topological polar surface area (TPSA) is 78.9 Å². The average Bonchev–Trinajstić information content (AvgIpc) is 2.53. The maximum Gasteiger partial charge on any atom is 0.254 e. The van der Waals surface area contributed by atoms with Crippen molar-refractivity contribution in [3.05, 3.63) is 35.4 Å². The van der Waals surface area contributed by atoms with E-state index in [1.165, 1.54) is 6.42 Å². The van der Waals surface area contributed by atoms with E-state index in [1.54, 1.807) is 24.3 Å². The molecule has 1 aromatic carbocycles. The first-order valence-corrected chi connectivity index (χ1v) is 7.06. The molecule has 1 fully saturated rings. The van der Waals surface area contributed by atoms with Gasteiger partial charge in [0.1, 0.15) is 0 Å². The SMILES string of the molecule is CCC1CCCCN1C(=O)c1ccc(/C(N)=N/O)cc1. The van der Waals surface area contributed by atoms with Crippen LogP contribution in [0.2, 0.25) is 0 Å². The summed E-state index contributed by atoms with van der Waals surface area (Å²) in [5.41, 5.74) is 6.77. The molecule has 0 aliphatic carbocycles. The van der Waals surface area contributed by atoms with Crippen LogP contribution in [0.25, 0.3) is 0 Å². The smallest absolute Gasteiger partial charge is 0.254 e. The highest BCUT2D eigenvalue weighted by Crippen LogP contribution is 2.21. The zero-order valence-electron chi connectivity index (χ0n) is 11.7. The van der Waals surface area contributed by atoms with Gasteiger partial charge in [0.05, 0.1) is 0 Å². The number of likely N-dealkylation sites (tertiary alicyclic amines) is 1. The van der Waals surface area contributed by atoms with Crippen LogP contribution < -0.4 is 5.73 Å². The molecule has 5 nitrogen and oxygen atoms in total. The van der Waals surface area contributed by atoms with Crippen molar-refractivity contribution in [1.82, 2.24) is 4.90 Å². The van der Waals surface area contributed by atoms with Crippen LogP contribution in [0, 0.1) is 0 Å². The Bertz CT molecular complexity index is 496. The Hall–Kier alpha value is -2.04. The molecule has 0 bridgehead atoms. The largest absolute Gasteiger partial charge is 0.409 e. The molecule has 1 unspecified atom stereocenters. The standard InChI is InChI=1S/C15H21N3O2/c1-2-13-5-3-4-10-18(13)15(19)12-8-6-11(7-9-12)14(16)17-20/h6-9,13,20H,2-5,10H2,1H3,(H2,16,17). The minimum absolute atomic E-state index is 0.0495. The van der Waals surface area contributed by atoms with Crippen molar-refractivity contribution < 1.29 is 10.0 Å². The van der Waals surface area contributed by atoms with E-state index in [0.717, 1.165) is 25.8 Å². The van der Waals surface area contributed by atoms with Crippen LogP contribution in [-0.2, 0) is 0 Å². The van der Waals surface area contributed by atoms with E-state index >= 15 is 0 Å². The molecule has 20 heavy (non-hydrogen) atoms. The third-order valence-electron chi connectivity index (χ3n) is 3.89. The summed E-state index contributed by atoms with van der Waals surface area (Å²) in [6.07, 6.45) is 4.35. The maximum atomic E-state index is 12.5. The lowest BCUT2D eigenvalue weighted by Gasteiger charge is -2.35. The van der Waals surface area contributed by atoms with Crippen LogP contribution >= 0.6 is 0 Å². The Morgan fingerprint density at radius 2 is 2.00 bits per heavy atom. The Morgan fingerprint density at radius 1 is 1.35 bits per heavy atom. The van der Waals surface area contributed by atoms with Gasteiger partial charge in [0.2, 0.25) is 0 Å². The molecular weight excluding hydrogens is 254 g/mol. The van der Waals surface area contributed by atoms with Gasteiger partial charge in [0.15, 0.2) is 5.84 Å². The number of rotatable bonds is 3. The zero-order valence-corrected chi connectivity index (χ0v) is 11.7. The number of nitrogens with zero attached hydrogens (tertiary/aromatic N) is 2. The minimum atomic E-state index is 0.0495. The van der Waals surface area contributed by atoms with Crippen LogP contribution in [0.5, 0.6) is 0 Å². The summed E-state index contributed by atoms with van der Waals surface area (Å²) in [6, 6.07) is 7.22. The lowest BCUT2D eigenvalue weighted by Crippen LogP contribution is -2.43. The highest BCUT2D eigenvalue weighted by atomic mass is 16.4. The second kappa shape index (κ2) is 6.41. The molecule has 5 heteroatoms. The van der Waals surface area contributed by atoms with Crippen LogP contribution in [-0.4, -0.2) is 34.4 Å². The monoisotopic (exact) mass is 275 g/mol. The highest BCUT2D eigenvalue weighted by Gasteiger charge is 2.25. The zero-order chi connectivity index (χ0) is 14.5. The van der Waals surface area contributed by atoms with E-state index in [4.69, 9.17) is 10.9 Å². The molecule has 1 amide bonds. The van der Waals surface area contributed by atoms with E-state index in [1.807, 2.05) is 4.90 Å². The van der Waals surface area contributed by atoms with E-state index in [9.17, 15) is 4.79 Å². The number of benzene rings is 1. The van der Waals surface area contributed by atoms with E-state index in [0.29, 0.717) is 17.2 Å². The molecule has 0 spiro atoms. The van der Waals surface area contributed by atoms with Crippen LogP contribution in [0.15, 0.2) is 29.4 Å². The molecule has 3 N–H and O–H groups in total. The number of hydrogen-bond donors (Lipinski definition) is 2. The normalized spacial score (nSPS) is 19.9. The molecule has 1 atom stereocenters. The molecule has 0 radical (unpaired) electrons. The van der Waals surface area contributed by atoms with E-state index < -0.39 is 0 Å². The third kappa shape index (κ3) is 2.92. The third-order valence-corrected chi connectivity index (χ3v) is 3.89. The number of amidine groups is 1. The van der Waals surface area contributed by atoms with Gasteiger partial charge in [0, 0.05) is 23.7 Å². The number of carbonyl (C=O) groups excluding carboxylic acids is 1. The van der Waals surface area contributed by atoms with Gasteiger partial charge in [0.25, 0.3) is 5.91 Å². The number of piperidine rings is 1. The van der Waals surface area contributed by atoms with Gasteiger partial charge in [-0.1, -0.05) is 24.2 Å². The molecule has 108 valence electrons. The molecule has 0 aromatic heterocycles. The summed E-state index contributed by atoms with van der Waals surface area (Å²) in [5, 5.41) is 11.6. The molecule has 1 saturated heterocycles.